The second-order valence-electron chi connectivity index (χ2n) is 12.5. The van der Waals surface area contributed by atoms with E-state index in [1.54, 1.807) is 19.1 Å². The number of imidazole rings is 1. The summed E-state index contributed by atoms with van der Waals surface area (Å²) in [6, 6.07) is 4.96. The number of nitrogens with one attached hydrogen (secondary N) is 2. The predicted molar refractivity (Wildman–Crippen MR) is 138 cm³/mol. The van der Waals surface area contributed by atoms with Gasteiger partial charge in [0.2, 0.25) is 0 Å². The van der Waals surface area contributed by atoms with Crippen molar-refractivity contribution in [1.82, 2.24) is 9.97 Å². The average molecular weight is 502 g/mol. The summed E-state index contributed by atoms with van der Waals surface area (Å²) >= 11 is 0. The molecule has 5 fully saturated rings. The number of fused-ring (bicyclic) bond motifs is 2. The largest absolute Gasteiger partial charge is 0.478 e. The van der Waals surface area contributed by atoms with Crippen LogP contribution in [0.4, 0.5) is 5.69 Å². The molecule has 8 rings (SSSR count). The van der Waals surface area contributed by atoms with Gasteiger partial charge in [0.05, 0.1) is 23.5 Å². The fraction of sp³-hybridized carbons (Fsp3) is 0.567. The number of allylic oxidation sites excluding steroid dienone is 2. The molecule has 0 spiro atoms. The first-order chi connectivity index (χ1) is 17.8. The maximum absolute atomic E-state index is 13.5. The molecule has 1 amide bonds. The molecule has 0 saturated heterocycles. The number of aromatic carboxylic acids is 1. The molecule has 2 aromatic rings. The van der Waals surface area contributed by atoms with E-state index in [1.807, 2.05) is 0 Å². The van der Waals surface area contributed by atoms with Crippen molar-refractivity contribution in [2.75, 3.05) is 5.32 Å². The van der Waals surface area contributed by atoms with E-state index in [9.17, 15) is 14.7 Å². The lowest BCUT2D eigenvalue weighted by molar-refractivity contribution is -0.169. The highest BCUT2D eigenvalue weighted by Gasteiger charge is 2.52. The monoisotopic (exact) mass is 501 g/mol. The normalized spacial score (nSPS) is 34.8. The van der Waals surface area contributed by atoms with Crippen molar-refractivity contribution >= 4 is 17.6 Å². The number of hydrogen-bond acceptors (Lipinski definition) is 4. The molecule has 1 unspecified atom stereocenters. The van der Waals surface area contributed by atoms with Gasteiger partial charge in [0.15, 0.2) is 5.69 Å². The number of aryl methyl sites for hydroxylation is 1. The summed E-state index contributed by atoms with van der Waals surface area (Å²) in [5.74, 6) is 3.28. The minimum atomic E-state index is -1.01. The van der Waals surface area contributed by atoms with E-state index in [0.29, 0.717) is 41.3 Å². The SMILES string of the molecule is Cc1ccc(NC(=O)c2nc([C@H]3CC4C=C[C@@H]3C4)[nH]c2COC23CC4CC(CC(C4)C2)C3)cc1C(=O)O. The van der Waals surface area contributed by atoms with Crippen molar-refractivity contribution in [1.29, 1.82) is 0 Å². The number of rotatable bonds is 7. The van der Waals surface area contributed by atoms with Gasteiger partial charge in [-0.3, -0.25) is 4.79 Å². The summed E-state index contributed by atoms with van der Waals surface area (Å²) in [5.41, 5.74) is 2.33. The van der Waals surface area contributed by atoms with Gasteiger partial charge in [-0.25, -0.2) is 9.78 Å². The van der Waals surface area contributed by atoms with Crippen molar-refractivity contribution < 1.29 is 19.4 Å². The Kier molecular flexibility index (Phi) is 5.36. The molecule has 194 valence electrons. The first-order valence-corrected chi connectivity index (χ1v) is 13.9. The molecule has 3 atom stereocenters. The number of hydrogen-bond donors (Lipinski definition) is 3. The molecular weight excluding hydrogens is 466 g/mol. The number of carbonyl (C=O) groups is 2. The Labute approximate surface area is 217 Å². The van der Waals surface area contributed by atoms with Crippen LogP contribution in [-0.2, 0) is 11.3 Å². The Bertz CT molecular complexity index is 1260. The summed E-state index contributed by atoms with van der Waals surface area (Å²) in [4.78, 5) is 33.5. The van der Waals surface area contributed by atoms with Crippen LogP contribution < -0.4 is 5.32 Å². The molecule has 7 nitrogen and oxygen atoms in total. The highest BCUT2D eigenvalue weighted by molar-refractivity contribution is 6.04. The summed E-state index contributed by atoms with van der Waals surface area (Å²) in [6.07, 6.45) is 14.3. The molecule has 1 aromatic heterocycles. The van der Waals surface area contributed by atoms with E-state index in [-0.39, 0.29) is 17.1 Å². The Balaban J connectivity index is 1.15. The van der Waals surface area contributed by atoms with Gasteiger partial charge in [-0.2, -0.15) is 0 Å². The van der Waals surface area contributed by atoms with Crippen molar-refractivity contribution in [2.24, 2.45) is 29.6 Å². The molecule has 1 aromatic carbocycles. The van der Waals surface area contributed by atoms with Gasteiger partial charge in [-0.1, -0.05) is 18.2 Å². The van der Waals surface area contributed by atoms with Gasteiger partial charge < -0.3 is 20.1 Å². The molecule has 0 aliphatic heterocycles. The lowest BCUT2D eigenvalue weighted by Gasteiger charge is -2.56. The molecule has 7 heteroatoms. The number of amides is 1. The third-order valence-electron chi connectivity index (χ3n) is 9.87. The Morgan fingerprint density at radius 3 is 2.43 bits per heavy atom. The van der Waals surface area contributed by atoms with Crippen molar-refractivity contribution in [2.45, 2.75) is 76.4 Å². The van der Waals surface area contributed by atoms with Crippen LogP contribution in [0.2, 0.25) is 0 Å². The zero-order valence-electron chi connectivity index (χ0n) is 21.3. The molecule has 37 heavy (non-hydrogen) atoms. The first kappa shape index (κ1) is 23.2. The predicted octanol–water partition coefficient (Wildman–Crippen LogP) is 5.83. The highest BCUT2D eigenvalue weighted by atomic mass is 16.5. The van der Waals surface area contributed by atoms with Crippen molar-refractivity contribution in [3.63, 3.8) is 0 Å². The number of carboxylic acid groups (broad SMARTS) is 1. The molecule has 6 bridgehead atoms. The van der Waals surface area contributed by atoms with Crippen LogP contribution in [0, 0.1) is 36.5 Å². The zero-order valence-corrected chi connectivity index (χ0v) is 21.3. The molecule has 0 radical (unpaired) electrons. The fourth-order valence-electron chi connectivity index (χ4n) is 8.55. The smallest absolute Gasteiger partial charge is 0.336 e. The Hall–Kier alpha value is -2.93. The molecule has 5 saturated carbocycles. The summed E-state index contributed by atoms with van der Waals surface area (Å²) < 4.78 is 6.73. The van der Waals surface area contributed by atoms with Gasteiger partial charge in [0.1, 0.15) is 5.82 Å². The van der Waals surface area contributed by atoms with Gasteiger partial charge in [0.25, 0.3) is 5.91 Å². The van der Waals surface area contributed by atoms with E-state index in [1.165, 1.54) is 25.3 Å². The summed E-state index contributed by atoms with van der Waals surface area (Å²) in [6.45, 7) is 2.10. The van der Waals surface area contributed by atoms with E-state index >= 15 is 0 Å². The lowest BCUT2D eigenvalue weighted by atomic mass is 9.54. The maximum atomic E-state index is 13.5. The fourth-order valence-corrected chi connectivity index (χ4v) is 8.55. The minimum absolute atomic E-state index is 0.0592. The number of aromatic amines is 1. The second-order valence-corrected chi connectivity index (χ2v) is 12.5. The number of aromatic nitrogens is 2. The van der Waals surface area contributed by atoms with Gasteiger partial charge >= 0.3 is 5.97 Å². The molecule has 1 heterocycles. The van der Waals surface area contributed by atoms with Crippen molar-refractivity contribution in [3.8, 4) is 0 Å². The Morgan fingerprint density at radius 2 is 1.81 bits per heavy atom. The van der Waals surface area contributed by atoms with Gasteiger partial charge in [-0.15, -0.1) is 0 Å². The van der Waals surface area contributed by atoms with Crippen LogP contribution in [0.3, 0.4) is 0 Å². The van der Waals surface area contributed by atoms with Crippen LogP contribution >= 0.6 is 0 Å². The van der Waals surface area contributed by atoms with Crippen LogP contribution in [0.1, 0.15) is 95.2 Å². The van der Waals surface area contributed by atoms with E-state index in [2.05, 4.69) is 22.5 Å². The van der Waals surface area contributed by atoms with Crippen LogP contribution in [-0.4, -0.2) is 32.6 Å². The van der Waals surface area contributed by atoms with Gasteiger partial charge in [0, 0.05) is 11.6 Å². The number of carbonyl (C=O) groups excluding carboxylic acids is 1. The molecule has 6 aliphatic carbocycles. The average Bonchev–Trinajstić information content (AvgIpc) is 3.59. The summed E-state index contributed by atoms with van der Waals surface area (Å²) in [5, 5.41) is 12.4. The quantitative estimate of drug-likeness (QED) is 0.414. The van der Waals surface area contributed by atoms with Crippen LogP contribution in [0.5, 0.6) is 0 Å². The van der Waals surface area contributed by atoms with E-state index < -0.39 is 5.97 Å². The topological polar surface area (TPSA) is 104 Å². The second kappa shape index (κ2) is 8.55. The zero-order chi connectivity index (χ0) is 25.3. The van der Waals surface area contributed by atoms with Crippen LogP contribution in [0.15, 0.2) is 30.4 Å². The number of anilines is 1. The number of nitrogens with zero attached hydrogens (tertiary/aromatic N) is 1. The molecular formula is C30H35N3O4. The number of benzene rings is 1. The summed E-state index contributed by atoms with van der Waals surface area (Å²) in [7, 11) is 0. The van der Waals surface area contributed by atoms with Crippen LogP contribution in [0.25, 0.3) is 0 Å². The molecule has 6 aliphatic rings. The van der Waals surface area contributed by atoms with E-state index in [4.69, 9.17) is 9.72 Å². The first-order valence-electron chi connectivity index (χ1n) is 13.9. The third-order valence-corrected chi connectivity index (χ3v) is 9.87. The Morgan fingerprint density at radius 1 is 1.08 bits per heavy atom. The number of carboxylic acids is 1. The lowest BCUT2D eigenvalue weighted by Crippen LogP contribution is -2.51. The van der Waals surface area contributed by atoms with Gasteiger partial charge in [-0.05, 0) is 106 Å². The maximum Gasteiger partial charge on any atom is 0.336 e. The number of ether oxygens (including phenoxy) is 1. The number of H-pyrrole nitrogens is 1. The van der Waals surface area contributed by atoms with E-state index in [0.717, 1.165) is 61.4 Å². The van der Waals surface area contributed by atoms with Crippen molar-refractivity contribution in [3.05, 3.63) is 58.7 Å². The standard InChI is InChI=1S/C30H35N3O4/c1-16-2-5-22(11-23(16)29(35)36)31-28(34)26-25(32-27(33-26)24-10-17-3-4-21(24)9-17)15-37-30-12-18-6-19(13-30)8-20(7-18)14-30/h2-5,11,17-21,24H,6-10,12-15H2,1H3,(H,31,34)(H,32,33)(H,35,36)/t17?,18?,19?,20?,21-,24+,30?/m1/s1. The minimum Gasteiger partial charge on any atom is -0.478 e. The third kappa shape index (κ3) is 4.12. The molecule has 3 N–H and O–H groups in total. The highest BCUT2D eigenvalue weighted by Crippen LogP contribution is 2.57.